The lowest BCUT2D eigenvalue weighted by Crippen LogP contribution is -2.16. The van der Waals surface area contributed by atoms with E-state index in [-0.39, 0.29) is 0 Å². The third-order valence-corrected chi connectivity index (χ3v) is 0.724. The third-order valence-electron chi connectivity index (χ3n) is 0.724. The van der Waals surface area contributed by atoms with Crippen LogP contribution in [0.5, 0.6) is 0 Å². The number of nitrogens with one attached hydrogen (secondary N) is 1. The van der Waals surface area contributed by atoms with Crippen LogP contribution in [-0.4, -0.2) is 6.54 Å². The minimum atomic E-state index is 0.627. The maximum Gasteiger partial charge on any atom is 0.185 e. The molecule has 1 aliphatic heterocycles. The van der Waals surface area contributed by atoms with Crippen LogP contribution in [0.3, 0.4) is 0 Å². The summed E-state index contributed by atoms with van der Waals surface area (Å²) in [5, 5.41) is 2.88. The molecule has 2 heteroatoms. The van der Waals surface area contributed by atoms with Crippen LogP contribution in [-0.2, 0) is 4.74 Å². The van der Waals surface area contributed by atoms with Gasteiger partial charge in [-0.3, -0.25) is 0 Å². The average Bonchev–Trinajstić information content (AvgIpc) is 1.94. The smallest absolute Gasteiger partial charge is 0.185 e. The van der Waals surface area contributed by atoms with E-state index in [2.05, 4.69) is 11.9 Å². The highest BCUT2D eigenvalue weighted by molar-refractivity contribution is 4.93. The zero-order valence-electron chi connectivity index (χ0n) is 5.98. The summed E-state index contributed by atoms with van der Waals surface area (Å²) in [6, 6.07) is 0. The maximum atomic E-state index is 4.79. The first-order valence-corrected chi connectivity index (χ1v) is 3.14. The lowest BCUT2D eigenvalue weighted by Gasteiger charge is -2.09. The zero-order valence-corrected chi connectivity index (χ0v) is 5.98. The zero-order chi connectivity index (χ0) is 7.11. The molecule has 52 valence electrons. The first-order valence-electron chi connectivity index (χ1n) is 3.14. The van der Waals surface area contributed by atoms with Crippen LogP contribution in [0.25, 0.3) is 0 Å². The Balaban J connectivity index is 0.000000291. The van der Waals surface area contributed by atoms with Gasteiger partial charge in [0.2, 0.25) is 0 Å². The van der Waals surface area contributed by atoms with Crippen LogP contribution in [0.4, 0.5) is 0 Å². The number of rotatable bonds is 0. The molecule has 1 N–H and O–H groups in total. The molecule has 0 amide bonds. The van der Waals surface area contributed by atoms with Crippen LogP contribution in [0.1, 0.15) is 13.8 Å². The van der Waals surface area contributed by atoms with Gasteiger partial charge in [0, 0.05) is 6.54 Å². The number of hydrogen-bond donors (Lipinski definition) is 1. The van der Waals surface area contributed by atoms with Crippen LogP contribution >= 0.6 is 0 Å². The number of ether oxygens (including phenoxy) is 1. The molecule has 0 aromatic carbocycles. The van der Waals surface area contributed by atoms with Gasteiger partial charge in [-0.05, 0) is 12.7 Å². The van der Waals surface area contributed by atoms with Crippen molar-refractivity contribution in [3.05, 3.63) is 24.8 Å². The molecule has 0 fully saturated rings. The van der Waals surface area contributed by atoms with Gasteiger partial charge in [0.1, 0.15) is 0 Å². The molecule has 0 unspecified atom stereocenters. The van der Waals surface area contributed by atoms with E-state index in [0.29, 0.717) is 5.88 Å². The third kappa shape index (κ3) is 3.64. The normalized spacial score (nSPS) is 14.7. The molecule has 1 aliphatic rings. The van der Waals surface area contributed by atoms with E-state index in [9.17, 15) is 0 Å². The molecular weight excluding hydrogens is 114 g/mol. The van der Waals surface area contributed by atoms with Gasteiger partial charge in [0.25, 0.3) is 0 Å². The summed E-state index contributed by atoms with van der Waals surface area (Å²) in [5.74, 6) is 0.627. The van der Waals surface area contributed by atoms with E-state index in [0.717, 1.165) is 6.54 Å². The second kappa shape index (κ2) is 5.22. The fraction of sp³-hybridized carbons (Fsp3) is 0.429. The van der Waals surface area contributed by atoms with Gasteiger partial charge >= 0.3 is 0 Å². The van der Waals surface area contributed by atoms with Crippen molar-refractivity contribution in [1.82, 2.24) is 5.32 Å². The average molecular weight is 127 g/mol. The van der Waals surface area contributed by atoms with E-state index in [1.54, 1.807) is 6.26 Å². The highest BCUT2D eigenvalue weighted by Gasteiger charge is 1.91. The molecule has 1 heterocycles. The highest BCUT2D eigenvalue weighted by Crippen LogP contribution is 1.92. The minimum Gasteiger partial charge on any atom is -0.450 e. The SMILES string of the molecule is C=C1NCC=CO1.CC. The molecule has 0 aliphatic carbocycles. The predicted octanol–water partition coefficient (Wildman–Crippen LogP) is 1.62. The molecule has 0 spiro atoms. The van der Waals surface area contributed by atoms with Crippen LogP contribution in [0, 0.1) is 0 Å². The van der Waals surface area contributed by atoms with Crippen molar-refractivity contribution >= 4 is 0 Å². The summed E-state index contributed by atoms with van der Waals surface area (Å²) in [6.45, 7) is 8.36. The van der Waals surface area contributed by atoms with Gasteiger partial charge < -0.3 is 10.1 Å². The summed E-state index contributed by atoms with van der Waals surface area (Å²) >= 11 is 0. The van der Waals surface area contributed by atoms with Gasteiger partial charge in [0.15, 0.2) is 5.88 Å². The molecular formula is C7H13NO. The van der Waals surface area contributed by atoms with Crippen molar-refractivity contribution in [2.45, 2.75) is 13.8 Å². The van der Waals surface area contributed by atoms with Crippen molar-refractivity contribution in [1.29, 1.82) is 0 Å². The minimum absolute atomic E-state index is 0.627. The Hall–Kier alpha value is -0.920. The highest BCUT2D eigenvalue weighted by atomic mass is 16.5. The van der Waals surface area contributed by atoms with Crippen molar-refractivity contribution in [2.24, 2.45) is 0 Å². The monoisotopic (exact) mass is 127 g/mol. The molecule has 2 nitrogen and oxygen atoms in total. The molecule has 1 rings (SSSR count). The number of hydrogen-bond acceptors (Lipinski definition) is 2. The van der Waals surface area contributed by atoms with Gasteiger partial charge in [0.05, 0.1) is 6.26 Å². The standard InChI is InChI=1S/C5H7NO.C2H6/c1-5-6-3-2-4-7-5;1-2/h2,4,6H,1,3H2;1-2H3. The van der Waals surface area contributed by atoms with Crippen molar-refractivity contribution in [2.75, 3.05) is 6.54 Å². The van der Waals surface area contributed by atoms with E-state index < -0.39 is 0 Å². The molecule has 0 radical (unpaired) electrons. The van der Waals surface area contributed by atoms with Crippen LogP contribution < -0.4 is 5.32 Å². The lowest BCUT2D eigenvalue weighted by atomic mass is 10.5. The lowest BCUT2D eigenvalue weighted by molar-refractivity contribution is 0.306. The van der Waals surface area contributed by atoms with Crippen LogP contribution in [0.15, 0.2) is 24.8 Å². The molecule has 0 aromatic rings. The summed E-state index contributed by atoms with van der Waals surface area (Å²) in [4.78, 5) is 0. The van der Waals surface area contributed by atoms with E-state index >= 15 is 0 Å². The Kier molecular flexibility index (Phi) is 4.69. The van der Waals surface area contributed by atoms with Crippen molar-refractivity contribution < 1.29 is 4.74 Å². The predicted molar refractivity (Wildman–Crippen MR) is 38.7 cm³/mol. The Labute approximate surface area is 56.2 Å². The summed E-state index contributed by atoms with van der Waals surface area (Å²) in [5.41, 5.74) is 0. The molecule has 0 aromatic heterocycles. The quantitative estimate of drug-likeness (QED) is 0.534. The Morgan fingerprint density at radius 3 is 2.56 bits per heavy atom. The first-order chi connectivity index (χ1) is 4.39. The Bertz CT molecular complexity index is 107. The van der Waals surface area contributed by atoms with Gasteiger partial charge in [-0.1, -0.05) is 13.8 Å². The summed E-state index contributed by atoms with van der Waals surface area (Å²) in [6.07, 6.45) is 3.51. The largest absolute Gasteiger partial charge is 0.450 e. The van der Waals surface area contributed by atoms with Gasteiger partial charge in [-0.15, -0.1) is 0 Å². The second-order valence-corrected chi connectivity index (χ2v) is 1.29. The Morgan fingerprint density at radius 1 is 1.67 bits per heavy atom. The van der Waals surface area contributed by atoms with Gasteiger partial charge in [-0.25, -0.2) is 0 Å². The second-order valence-electron chi connectivity index (χ2n) is 1.29. The molecule has 0 bridgehead atoms. The maximum absolute atomic E-state index is 4.79. The molecule has 0 saturated carbocycles. The van der Waals surface area contributed by atoms with E-state index in [4.69, 9.17) is 4.74 Å². The van der Waals surface area contributed by atoms with Gasteiger partial charge in [-0.2, -0.15) is 0 Å². The van der Waals surface area contributed by atoms with E-state index in [1.165, 1.54) is 0 Å². The van der Waals surface area contributed by atoms with Crippen molar-refractivity contribution in [3.8, 4) is 0 Å². The summed E-state index contributed by atoms with van der Waals surface area (Å²) < 4.78 is 4.79. The first kappa shape index (κ1) is 8.08. The molecule has 9 heavy (non-hydrogen) atoms. The fourth-order valence-corrected chi connectivity index (χ4v) is 0.393. The Morgan fingerprint density at radius 2 is 2.33 bits per heavy atom. The topological polar surface area (TPSA) is 21.3 Å². The molecule has 0 atom stereocenters. The van der Waals surface area contributed by atoms with Crippen molar-refractivity contribution in [3.63, 3.8) is 0 Å². The van der Waals surface area contributed by atoms with Crippen LogP contribution in [0.2, 0.25) is 0 Å². The van der Waals surface area contributed by atoms with E-state index in [1.807, 2.05) is 19.9 Å². The summed E-state index contributed by atoms with van der Waals surface area (Å²) in [7, 11) is 0. The molecule has 0 saturated heterocycles. The fourth-order valence-electron chi connectivity index (χ4n) is 0.393.